The minimum Gasteiger partial charge on any atom is -0.468 e. The summed E-state index contributed by atoms with van der Waals surface area (Å²) >= 11 is 0. The van der Waals surface area contributed by atoms with E-state index in [1.807, 2.05) is 4.90 Å². The lowest BCUT2D eigenvalue weighted by molar-refractivity contribution is -0.150. The molecule has 1 aliphatic heterocycles. The molecule has 2 aliphatic rings. The zero-order valence-corrected chi connectivity index (χ0v) is 14.3. The van der Waals surface area contributed by atoms with Crippen molar-refractivity contribution in [1.82, 2.24) is 9.80 Å². The molecule has 130 valence electrons. The van der Waals surface area contributed by atoms with Crippen molar-refractivity contribution in [2.75, 3.05) is 33.8 Å². The molecule has 2 rings (SSSR count). The lowest BCUT2D eigenvalue weighted by Crippen LogP contribution is -2.48. The first-order chi connectivity index (χ1) is 11.0. The van der Waals surface area contributed by atoms with E-state index in [0.717, 1.165) is 6.54 Å². The highest BCUT2D eigenvalue weighted by Crippen LogP contribution is 2.27. The van der Waals surface area contributed by atoms with Crippen LogP contribution in [0.5, 0.6) is 0 Å². The minimum atomic E-state index is -0.424. The van der Waals surface area contributed by atoms with Crippen LogP contribution in [0.3, 0.4) is 0 Å². The molecule has 1 heterocycles. The number of hydrogen-bond acceptors (Lipinski definition) is 4. The van der Waals surface area contributed by atoms with Crippen molar-refractivity contribution in [3.63, 3.8) is 0 Å². The van der Waals surface area contributed by atoms with Gasteiger partial charge in [-0.25, -0.2) is 0 Å². The molecule has 6 nitrogen and oxygen atoms in total. The molecule has 0 radical (unpaired) electrons. The van der Waals surface area contributed by atoms with Gasteiger partial charge in [0.25, 0.3) is 0 Å². The number of hydrogen-bond donors (Lipinski definition) is 0. The molecule has 0 aromatic rings. The maximum Gasteiger partial charge on any atom is 0.325 e. The van der Waals surface area contributed by atoms with E-state index in [-0.39, 0.29) is 24.3 Å². The van der Waals surface area contributed by atoms with Gasteiger partial charge in [0, 0.05) is 26.6 Å². The fourth-order valence-corrected chi connectivity index (χ4v) is 3.62. The number of rotatable bonds is 5. The maximum atomic E-state index is 12.5. The van der Waals surface area contributed by atoms with E-state index in [9.17, 15) is 14.4 Å². The normalized spacial score (nSPS) is 22.8. The summed E-state index contributed by atoms with van der Waals surface area (Å²) in [4.78, 5) is 39.2. The highest BCUT2D eigenvalue weighted by Gasteiger charge is 2.33. The maximum absolute atomic E-state index is 12.5. The van der Waals surface area contributed by atoms with Gasteiger partial charge >= 0.3 is 5.97 Å². The quantitative estimate of drug-likeness (QED) is 0.718. The Morgan fingerprint density at radius 1 is 1.22 bits per heavy atom. The topological polar surface area (TPSA) is 66.9 Å². The van der Waals surface area contributed by atoms with Crippen LogP contribution in [0, 0.1) is 11.8 Å². The van der Waals surface area contributed by atoms with Crippen molar-refractivity contribution in [1.29, 1.82) is 0 Å². The molecular weight excluding hydrogens is 296 g/mol. The van der Waals surface area contributed by atoms with Gasteiger partial charge in [-0.2, -0.15) is 0 Å². The van der Waals surface area contributed by atoms with Gasteiger partial charge in [0.1, 0.15) is 6.54 Å². The second kappa shape index (κ2) is 8.31. The number of likely N-dealkylation sites (N-methyl/N-ethyl adjacent to an activating group) is 1. The van der Waals surface area contributed by atoms with Gasteiger partial charge in [-0.15, -0.1) is 0 Å². The number of esters is 1. The molecule has 0 bridgehead atoms. The number of likely N-dealkylation sites (tertiary alicyclic amines) is 1. The van der Waals surface area contributed by atoms with Crippen LogP contribution in [-0.4, -0.2) is 61.4 Å². The molecule has 1 aliphatic carbocycles. The number of amides is 2. The SMILES string of the molecule is COC(=O)CN(C)C(=O)C1CCC(=O)N(CC2CCCCC2)C1. The second-order valence-electron chi connectivity index (χ2n) is 6.81. The third-order valence-corrected chi connectivity index (χ3v) is 5.02. The zero-order chi connectivity index (χ0) is 16.8. The van der Waals surface area contributed by atoms with Gasteiger partial charge in [0.05, 0.1) is 13.0 Å². The van der Waals surface area contributed by atoms with Crippen molar-refractivity contribution in [2.24, 2.45) is 11.8 Å². The summed E-state index contributed by atoms with van der Waals surface area (Å²) in [5.41, 5.74) is 0. The summed E-state index contributed by atoms with van der Waals surface area (Å²) in [5.74, 6) is 0.0406. The van der Waals surface area contributed by atoms with Crippen molar-refractivity contribution in [3.8, 4) is 0 Å². The molecule has 1 unspecified atom stereocenters. The van der Waals surface area contributed by atoms with E-state index in [0.29, 0.717) is 25.3 Å². The Labute approximate surface area is 138 Å². The Bertz CT molecular complexity index is 446. The van der Waals surface area contributed by atoms with E-state index in [1.54, 1.807) is 7.05 Å². The minimum absolute atomic E-state index is 0.0393. The van der Waals surface area contributed by atoms with E-state index in [2.05, 4.69) is 4.74 Å². The van der Waals surface area contributed by atoms with Crippen LogP contribution in [-0.2, 0) is 19.1 Å². The van der Waals surface area contributed by atoms with Crippen LogP contribution in [0.1, 0.15) is 44.9 Å². The summed E-state index contributed by atoms with van der Waals surface area (Å²) in [7, 11) is 2.92. The molecule has 1 saturated heterocycles. The Hall–Kier alpha value is -1.59. The summed E-state index contributed by atoms with van der Waals surface area (Å²) in [6, 6.07) is 0. The average molecular weight is 324 g/mol. The van der Waals surface area contributed by atoms with Crippen LogP contribution in [0.25, 0.3) is 0 Å². The van der Waals surface area contributed by atoms with Crippen LogP contribution in [0.4, 0.5) is 0 Å². The van der Waals surface area contributed by atoms with Gasteiger partial charge < -0.3 is 14.5 Å². The van der Waals surface area contributed by atoms with Crippen molar-refractivity contribution >= 4 is 17.8 Å². The van der Waals surface area contributed by atoms with Crippen LogP contribution in [0.2, 0.25) is 0 Å². The Kier molecular flexibility index (Phi) is 6.42. The number of nitrogens with zero attached hydrogens (tertiary/aromatic N) is 2. The highest BCUT2D eigenvalue weighted by atomic mass is 16.5. The third kappa shape index (κ3) is 4.94. The summed E-state index contributed by atoms with van der Waals surface area (Å²) in [5, 5.41) is 0. The molecule has 0 aromatic heterocycles. The fraction of sp³-hybridized carbons (Fsp3) is 0.824. The molecule has 2 fully saturated rings. The molecule has 2 amide bonds. The molecule has 6 heteroatoms. The van der Waals surface area contributed by atoms with Gasteiger partial charge in [0.2, 0.25) is 11.8 Å². The first-order valence-electron chi connectivity index (χ1n) is 8.60. The standard InChI is InChI=1S/C17H28N2O4/c1-18(12-16(21)23-2)17(22)14-8-9-15(20)19(11-14)10-13-6-4-3-5-7-13/h13-14H,3-12H2,1-2H3. The number of ether oxygens (including phenoxy) is 1. The predicted octanol–water partition coefficient (Wildman–Crippen LogP) is 1.44. The number of carbonyl (C=O) groups excluding carboxylic acids is 3. The smallest absolute Gasteiger partial charge is 0.325 e. The fourth-order valence-electron chi connectivity index (χ4n) is 3.62. The number of carbonyl (C=O) groups is 3. The molecule has 23 heavy (non-hydrogen) atoms. The molecular formula is C17H28N2O4. The van der Waals surface area contributed by atoms with Crippen molar-refractivity contribution in [2.45, 2.75) is 44.9 Å². The Balaban J connectivity index is 1.89. The van der Waals surface area contributed by atoms with Crippen LogP contribution < -0.4 is 0 Å². The highest BCUT2D eigenvalue weighted by molar-refractivity contribution is 5.86. The van der Waals surface area contributed by atoms with Crippen molar-refractivity contribution in [3.05, 3.63) is 0 Å². The van der Waals surface area contributed by atoms with E-state index >= 15 is 0 Å². The summed E-state index contributed by atoms with van der Waals surface area (Å²) < 4.78 is 4.60. The molecule has 0 aromatic carbocycles. The monoisotopic (exact) mass is 324 g/mol. The molecule has 0 spiro atoms. The number of piperidine rings is 1. The molecule has 1 saturated carbocycles. The molecule has 0 N–H and O–H groups in total. The predicted molar refractivity (Wildman–Crippen MR) is 85.5 cm³/mol. The van der Waals surface area contributed by atoms with E-state index < -0.39 is 5.97 Å². The van der Waals surface area contributed by atoms with Crippen molar-refractivity contribution < 1.29 is 19.1 Å². The third-order valence-electron chi connectivity index (χ3n) is 5.02. The van der Waals surface area contributed by atoms with Crippen LogP contribution >= 0.6 is 0 Å². The average Bonchev–Trinajstić information content (AvgIpc) is 2.57. The lowest BCUT2D eigenvalue weighted by atomic mass is 9.87. The zero-order valence-electron chi connectivity index (χ0n) is 14.3. The first kappa shape index (κ1) is 17.8. The van der Waals surface area contributed by atoms with Crippen LogP contribution in [0.15, 0.2) is 0 Å². The van der Waals surface area contributed by atoms with Gasteiger partial charge in [-0.3, -0.25) is 14.4 Å². The van der Waals surface area contributed by atoms with Gasteiger partial charge in [-0.05, 0) is 25.2 Å². The van der Waals surface area contributed by atoms with E-state index in [1.165, 1.54) is 44.1 Å². The Morgan fingerprint density at radius 2 is 1.91 bits per heavy atom. The van der Waals surface area contributed by atoms with E-state index in [4.69, 9.17) is 0 Å². The first-order valence-corrected chi connectivity index (χ1v) is 8.60. The second-order valence-corrected chi connectivity index (χ2v) is 6.81. The Morgan fingerprint density at radius 3 is 2.57 bits per heavy atom. The summed E-state index contributed by atoms with van der Waals surface area (Å²) in [6.45, 7) is 1.23. The number of methoxy groups -OCH3 is 1. The molecule has 1 atom stereocenters. The van der Waals surface area contributed by atoms with Gasteiger partial charge in [-0.1, -0.05) is 19.3 Å². The largest absolute Gasteiger partial charge is 0.468 e. The van der Waals surface area contributed by atoms with Gasteiger partial charge in [0.15, 0.2) is 0 Å². The summed E-state index contributed by atoms with van der Waals surface area (Å²) in [6.07, 6.45) is 7.16. The lowest BCUT2D eigenvalue weighted by Gasteiger charge is -2.36.